The van der Waals surface area contributed by atoms with Gasteiger partial charge < -0.3 is 14.8 Å². The number of rotatable bonds is 3. The molecule has 0 unspecified atom stereocenters. The third-order valence-electron chi connectivity index (χ3n) is 2.69. The molecule has 1 N–H and O–H groups in total. The molecule has 88 valence electrons. The number of nitrogens with one attached hydrogen (secondary N) is 1. The van der Waals surface area contributed by atoms with Crippen LogP contribution < -0.4 is 14.8 Å². The highest BCUT2D eigenvalue weighted by Crippen LogP contribution is 2.41. The first-order valence-corrected chi connectivity index (χ1v) is 5.90. The van der Waals surface area contributed by atoms with Crippen molar-refractivity contribution in [3.63, 3.8) is 0 Å². The Morgan fingerprint density at radius 3 is 2.81 bits per heavy atom. The molecule has 0 spiro atoms. The number of hydrogen-bond acceptors (Lipinski definition) is 3. The molecule has 3 nitrogen and oxygen atoms in total. The summed E-state index contributed by atoms with van der Waals surface area (Å²) in [6.07, 6.45) is 0.895. The predicted molar refractivity (Wildman–Crippen MR) is 64.6 cm³/mol. The molecule has 1 aromatic carbocycles. The number of hydrogen-bond donors (Lipinski definition) is 1. The molecule has 2 rings (SSSR count). The van der Waals surface area contributed by atoms with E-state index in [4.69, 9.17) is 21.1 Å². The summed E-state index contributed by atoms with van der Waals surface area (Å²) < 4.78 is 11.1. The van der Waals surface area contributed by atoms with Gasteiger partial charge in [0, 0.05) is 6.54 Å². The topological polar surface area (TPSA) is 30.5 Å². The summed E-state index contributed by atoms with van der Waals surface area (Å²) >= 11 is 6.33. The van der Waals surface area contributed by atoms with E-state index in [2.05, 4.69) is 12.2 Å². The zero-order chi connectivity index (χ0) is 11.5. The summed E-state index contributed by atoms with van der Waals surface area (Å²) in [6.45, 7) is 4.05. The molecule has 1 heterocycles. The molecule has 0 saturated heterocycles. The molecule has 0 bridgehead atoms. The van der Waals surface area contributed by atoms with Crippen molar-refractivity contribution < 1.29 is 9.47 Å². The van der Waals surface area contributed by atoms with Crippen molar-refractivity contribution in [1.82, 2.24) is 5.32 Å². The molecule has 0 aromatic heterocycles. The van der Waals surface area contributed by atoms with Crippen LogP contribution in [0.2, 0.25) is 5.02 Å². The van der Waals surface area contributed by atoms with Crippen LogP contribution in [-0.4, -0.2) is 20.3 Å². The lowest BCUT2D eigenvalue weighted by Crippen LogP contribution is -2.17. The quantitative estimate of drug-likeness (QED) is 0.882. The van der Waals surface area contributed by atoms with Gasteiger partial charge in [0.2, 0.25) is 0 Å². The summed E-state index contributed by atoms with van der Waals surface area (Å²) in [5, 5.41) is 3.84. The third-order valence-corrected chi connectivity index (χ3v) is 3.09. The molecule has 1 aliphatic rings. The van der Waals surface area contributed by atoms with Crippen LogP contribution in [0.25, 0.3) is 0 Å². The number of benzene rings is 1. The zero-order valence-corrected chi connectivity index (χ0v) is 10.4. The maximum Gasteiger partial charge on any atom is 0.180 e. The van der Waals surface area contributed by atoms with E-state index in [0.29, 0.717) is 24.0 Å². The molecule has 0 atom stereocenters. The maximum absolute atomic E-state index is 6.33. The van der Waals surface area contributed by atoms with Crippen molar-refractivity contribution in [2.45, 2.75) is 19.9 Å². The zero-order valence-electron chi connectivity index (χ0n) is 9.60. The van der Waals surface area contributed by atoms with E-state index in [1.165, 1.54) is 5.56 Å². The van der Waals surface area contributed by atoms with Crippen LogP contribution >= 0.6 is 11.6 Å². The lowest BCUT2D eigenvalue weighted by molar-refractivity contribution is 0.171. The summed E-state index contributed by atoms with van der Waals surface area (Å²) in [4.78, 5) is 0. The Balaban J connectivity index is 2.50. The fourth-order valence-corrected chi connectivity index (χ4v) is 2.37. The van der Waals surface area contributed by atoms with Crippen LogP contribution in [0.3, 0.4) is 0 Å². The standard InChI is InChI=1S/C12H16ClNO2/c1-3-9-8(7-14-2)6-10-12(11(9)13)16-5-4-15-10/h6,14H,3-5,7H2,1-2H3. The van der Waals surface area contributed by atoms with Crippen LogP contribution in [0.4, 0.5) is 0 Å². The summed E-state index contributed by atoms with van der Waals surface area (Å²) in [5.74, 6) is 1.46. The average Bonchev–Trinajstić information content (AvgIpc) is 2.30. The van der Waals surface area contributed by atoms with Gasteiger partial charge in [0.1, 0.15) is 13.2 Å². The van der Waals surface area contributed by atoms with Crippen LogP contribution in [0, 0.1) is 0 Å². The van der Waals surface area contributed by atoms with Crippen molar-refractivity contribution in [3.05, 3.63) is 22.2 Å². The molecule has 0 radical (unpaired) electrons. The van der Waals surface area contributed by atoms with Gasteiger partial charge in [-0.1, -0.05) is 18.5 Å². The van der Waals surface area contributed by atoms with Gasteiger partial charge in [-0.2, -0.15) is 0 Å². The number of halogens is 1. The van der Waals surface area contributed by atoms with Crippen molar-refractivity contribution in [1.29, 1.82) is 0 Å². The molecule has 4 heteroatoms. The molecule has 16 heavy (non-hydrogen) atoms. The van der Waals surface area contributed by atoms with Gasteiger partial charge in [-0.05, 0) is 30.7 Å². The van der Waals surface area contributed by atoms with E-state index in [1.54, 1.807) is 0 Å². The summed E-state index contributed by atoms with van der Waals surface area (Å²) in [6, 6.07) is 2.02. The highest BCUT2D eigenvalue weighted by Gasteiger charge is 2.20. The van der Waals surface area contributed by atoms with Crippen molar-refractivity contribution in [2.75, 3.05) is 20.3 Å². The molecular formula is C12H16ClNO2. The van der Waals surface area contributed by atoms with Gasteiger partial charge in [0.25, 0.3) is 0 Å². The van der Waals surface area contributed by atoms with Crippen LogP contribution in [0.1, 0.15) is 18.1 Å². The minimum Gasteiger partial charge on any atom is -0.486 e. The van der Waals surface area contributed by atoms with E-state index >= 15 is 0 Å². The van der Waals surface area contributed by atoms with Crippen LogP contribution in [-0.2, 0) is 13.0 Å². The van der Waals surface area contributed by atoms with E-state index in [-0.39, 0.29) is 0 Å². The second-order valence-electron chi connectivity index (χ2n) is 3.74. The Morgan fingerprint density at radius 2 is 2.12 bits per heavy atom. The second-order valence-corrected chi connectivity index (χ2v) is 4.11. The summed E-state index contributed by atoms with van der Waals surface area (Å²) in [7, 11) is 1.92. The monoisotopic (exact) mass is 241 g/mol. The Bertz CT molecular complexity index is 393. The number of fused-ring (bicyclic) bond motifs is 1. The van der Waals surface area contributed by atoms with E-state index in [1.807, 2.05) is 13.1 Å². The van der Waals surface area contributed by atoms with Gasteiger partial charge in [-0.3, -0.25) is 0 Å². The normalized spacial score (nSPS) is 13.9. The van der Waals surface area contributed by atoms with Gasteiger partial charge in [0.15, 0.2) is 11.5 Å². The lowest BCUT2D eigenvalue weighted by Gasteiger charge is -2.22. The Labute approximate surface area is 101 Å². The van der Waals surface area contributed by atoms with Crippen molar-refractivity contribution in [2.24, 2.45) is 0 Å². The van der Waals surface area contributed by atoms with Crippen molar-refractivity contribution >= 4 is 11.6 Å². The molecule has 0 saturated carbocycles. The van der Waals surface area contributed by atoms with Crippen LogP contribution in [0.15, 0.2) is 6.07 Å². The van der Waals surface area contributed by atoms with E-state index < -0.39 is 0 Å². The van der Waals surface area contributed by atoms with E-state index in [0.717, 1.165) is 24.3 Å². The van der Waals surface area contributed by atoms with Crippen LogP contribution in [0.5, 0.6) is 11.5 Å². The average molecular weight is 242 g/mol. The predicted octanol–water partition coefficient (Wildman–Crippen LogP) is 2.39. The first-order chi connectivity index (χ1) is 7.77. The minimum atomic E-state index is 0.571. The maximum atomic E-state index is 6.33. The van der Waals surface area contributed by atoms with Gasteiger partial charge in [-0.15, -0.1) is 0 Å². The smallest absolute Gasteiger partial charge is 0.180 e. The molecule has 0 aliphatic carbocycles. The van der Waals surface area contributed by atoms with Gasteiger partial charge >= 0.3 is 0 Å². The van der Waals surface area contributed by atoms with Gasteiger partial charge in [0.05, 0.1) is 5.02 Å². The Kier molecular flexibility index (Phi) is 3.56. The third kappa shape index (κ3) is 1.97. The molecular weight excluding hydrogens is 226 g/mol. The SMILES string of the molecule is CCc1c(CNC)cc2c(c1Cl)OCCO2. The minimum absolute atomic E-state index is 0.571. The highest BCUT2D eigenvalue weighted by atomic mass is 35.5. The summed E-state index contributed by atoms with van der Waals surface area (Å²) in [5.41, 5.74) is 2.32. The van der Waals surface area contributed by atoms with E-state index in [9.17, 15) is 0 Å². The molecule has 1 aromatic rings. The Hall–Kier alpha value is -0.930. The molecule has 1 aliphatic heterocycles. The second kappa shape index (κ2) is 4.93. The fourth-order valence-electron chi connectivity index (χ4n) is 1.96. The highest BCUT2D eigenvalue weighted by molar-refractivity contribution is 6.33. The molecule has 0 fully saturated rings. The number of ether oxygens (including phenoxy) is 2. The fraction of sp³-hybridized carbons (Fsp3) is 0.500. The lowest BCUT2D eigenvalue weighted by atomic mass is 10.0. The first kappa shape index (κ1) is 11.6. The molecule has 0 amide bonds. The Morgan fingerprint density at radius 1 is 1.38 bits per heavy atom. The van der Waals surface area contributed by atoms with Gasteiger partial charge in [-0.25, -0.2) is 0 Å². The largest absolute Gasteiger partial charge is 0.486 e. The van der Waals surface area contributed by atoms with Crippen molar-refractivity contribution in [3.8, 4) is 11.5 Å². The first-order valence-electron chi connectivity index (χ1n) is 5.52.